The fourth-order valence-corrected chi connectivity index (χ4v) is 1.12. The van der Waals surface area contributed by atoms with E-state index in [0.717, 1.165) is 16.6 Å². The Labute approximate surface area is 69.4 Å². The summed E-state index contributed by atoms with van der Waals surface area (Å²) < 4.78 is 0. The van der Waals surface area contributed by atoms with Gasteiger partial charge in [-0.15, -0.1) is 0 Å². The zero-order valence-electron chi connectivity index (χ0n) is 6.36. The van der Waals surface area contributed by atoms with Crippen LogP contribution in [0.1, 0.15) is 0 Å². The minimum Gasteiger partial charge on any atom is -0.322 e. The summed E-state index contributed by atoms with van der Waals surface area (Å²) in [5.41, 5.74) is 4.20. The van der Waals surface area contributed by atoms with Crippen molar-refractivity contribution >= 4 is 16.6 Å². The third-order valence-corrected chi connectivity index (χ3v) is 1.70. The van der Waals surface area contributed by atoms with Crippen LogP contribution in [0.4, 0.5) is 5.69 Å². The zero-order chi connectivity index (χ0) is 8.39. The SMILES string of the molecule is NNc1cnnc2ccccc12. The summed E-state index contributed by atoms with van der Waals surface area (Å²) in [6.07, 6.45) is 1.60. The molecule has 4 heteroatoms. The van der Waals surface area contributed by atoms with Crippen molar-refractivity contribution in [2.24, 2.45) is 5.84 Å². The van der Waals surface area contributed by atoms with E-state index in [2.05, 4.69) is 15.6 Å². The van der Waals surface area contributed by atoms with Gasteiger partial charge >= 0.3 is 0 Å². The van der Waals surface area contributed by atoms with Crippen LogP contribution in [0.3, 0.4) is 0 Å². The van der Waals surface area contributed by atoms with Crippen LogP contribution in [0, 0.1) is 0 Å². The predicted octanol–water partition coefficient (Wildman–Crippen LogP) is 0.915. The Morgan fingerprint density at radius 1 is 1.25 bits per heavy atom. The van der Waals surface area contributed by atoms with E-state index in [1.807, 2.05) is 24.3 Å². The molecule has 4 nitrogen and oxygen atoms in total. The van der Waals surface area contributed by atoms with Gasteiger partial charge in [0.05, 0.1) is 17.4 Å². The number of hydrogen-bond donors (Lipinski definition) is 2. The molecule has 0 saturated heterocycles. The van der Waals surface area contributed by atoms with Gasteiger partial charge < -0.3 is 5.43 Å². The minimum atomic E-state index is 0.792. The number of benzene rings is 1. The lowest BCUT2D eigenvalue weighted by Gasteiger charge is -2.01. The molecule has 0 aliphatic rings. The number of nitrogen functional groups attached to an aromatic ring is 1. The largest absolute Gasteiger partial charge is 0.322 e. The molecule has 60 valence electrons. The second-order valence-corrected chi connectivity index (χ2v) is 2.42. The smallest absolute Gasteiger partial charge is 0.0950 e. The highest BCUT2D eigenvalue weighted by Crippen LogP contribution is 2.17. The van der Waals surface area contributed by atoms with E-state index in [1.54, 1.807) is 6.20 Å². The van der Waals surface area contributed by atoms with Crippen molar-refractivity contribution in [3.63, 3.8) is 0 Å². The number of nitrogens with two attached hydrogens (primary N) is 1. The molecule has 0 aliphatic heterocycles. The van der Waals surface area contributed by atoms with Crippen LogP contribution in [0.5, 0.6) is 0 Å². The number of hydrogen-bond acceptors (Lipinski definition) is 4. The Bertz CT molecular complexity index is 394. The van der Waals surface area contributed by atoms with E-state index in [1.165, 1.54) is 0 Å². The fourth-order valence-electron chi connectivity index (χ4n) is 1.12. The molecular formula is C8H8N4. The molecule has 0 fully saturated rings. The first-order chi connectivity index (χ1) is 5.92. The Balaban J connectivity index is 2.79. The second kappa shape index (κ2) is 2.75. The molecule has 0 radical (unpaired) electrons. The standard InChI is InChI=1S/C8H8N4/c9-11-8-5-10-12-7-4-2-1-3-6(7)8/h1-5H,9H2,(H,11,12). The maximum Gasteiger partial charge on any atom is 0.0950 e. The minimum absolute atomic E-state index is 0.792. The zero-order valence-corrected chi connectivity index (χ0v) is 6.36. The third-order valence-electron chi connectivity index (χ3n) is 1.70. The lowest BCUT2D eigenvalue weighted by atomic mass is 10.2. The van der Waals surface area contributed by atoms with Crippen LogP contribution in [0.2, 0.25) is 0 Å². The van der Waals surface area contributed by atoms with Crippen molar-refractivity contribution in [3.05, 3.63) is 30.5 Å². The molecule has 0 atom stereocenters. The highest BCUT2D eigenvalue weighted by atomic mass is 15.2. The molecule has 1 aromatic heterocycles. The second-order valence-electron chi connectivity index (χ2n) is 2.42. The third kappa shape index (κ3) is 0.981. The Morgan fingerprint density at radius 2 is 2.08 bits per heavy atom. The summed E-state index contributed by atoms with van der Waals surface area (Å²) in [6, 6.07) is 7.69. The van der Waals surface area contributed by atoms with Gasteiger partial charge in [-0.2, -0.15) is 10.2 Å². The molecule has 1 heterocycles. The molecule has 1 aromatic carbocycles. The Kier molecular flexibility index (Phi) is 1.60. The van der Waals surface area contributed by atoms with Crippen molar-refractivity contribution in [2.75, 3.05) is 5.43 Å². The summed E-state index contributed by atoms with van der Waals surface area (Å²) >= 11 is 0. The van der Waals surface area contributed by atoms with Crippen LogP contribution >= 0.6 is 0 Å². The van der Waals surface area contributed by atoms with Gasteiger partial charge in [0.15, 0.2) is 0 Å². The quantitative estimate of drug-likeness (QED) is 0.481. The van der Waals surface area contributed by atoms with Crippen molar-refractivity contribution in [3.8, 4) is 0 Å². The average Bonchev–Trinajstić information content (AvgIpc) is 2.17. The first kappa shape index (κ1) is 7.00. The van der Waals surface area contributed by atoms with E-state index < -0.39 is 0 Å². The fraction of sp³-hybridized carbons (Fsp3) is 0. The van der Waals surface area contributed by atoms with Gasteiger partial charge in [0.25, 0.3) is 0 Å². The lowest BCUT2D eigenvalue weighted by Crippen LogP contribution is -2.07. The Hall–Kier alpha value is -1.68. The predicted molar refractivity (Wildman–Crippen MR) is 47.3 cm³/mol. The van der Waals surface area contributed by atoms with Gasteiger partial charge in [0.2, 0.25) is 0 Å². The van der Waals surface area contributed by atoms with E-state index in [4.69, 9.17) is 5.84 Å². The van der Waals surface area contributed by atoms with Crippen molar-refractivity contribution in [1.82, 2.24) is 10.2 Å². The van der Waals surface area contributed by atoms with Gasteiger partial charge in [0, 0.05) is 5.39 Å². The van der Waals surface area contributed by atoms with E-state index >= 15 is 0 Å². The summed E-state index contributed by atoms with van der Waals surface area (Å²) in [5.74, 6) is 5.30. The van der Waals surface area contributed by atoms with Crippen LogP contribution in [-0.4, -0.2) is 10.2 Å². The van der Waals surface area contributed by atoms with Crippen LogP contribution < -0.4 is 11.3 Å². The first-order valence-electron chi connectivity index (χ1n) is 3.59. The van der Waals surface area contributed by atoms with Crippen LogP contribution in [0.15, 0.2) is 30.5 Å². The molecule has 0 amide bonds. The average molecular weight is 160 g/mol. The summed E-state index contributed by atoms with van der Waals surface area (Å²) in [6.45, 7) is 0. The van der Waals surface area contributed by atoms with E-state index in [-0.39, 0.29) is 0 Å². The molecule has 3 N–H and O–H groups in total. The molecule has 0 aliphatic carbocycles. The molecule has 12 heavy (non-hydrogen) atoms. The maximum atomic E-state index is 5.30. The van der Waals surface area contributed by atoms with E-state index in [9.17, 15) is 0 Å². The lowest BCUT2D eigenvalue weighted by molar-refractivity contribution is 1.07. The first-order valence-corrected chi connectivity index (χ1v) is 3.59. The summed E-state index contributed by atoms with van der Waals surface area (Å²) in [7, 11) is 0. The molecular weight excluding hydrogens is 152 g/mol. The molecule has 0 saturated carbocycles. The molecule has 0 bridgehead atoms. The number of nitrogens with zero attached hydrogens (tertiary/aromatic N) is 2. The van der Waals surface area contributed by atoms with Crippen molar-refractivity contribution in [2.45, 2.75) is 0 Å². The van der Waals surface area contributed by atoms with Crippen molar-refractivity contribution in [1.29, 1.82) is 0 Å². The van der Waals surface area contributed by atoms with Crippen LogP contribution in [-0.2, 0) is 0 Å². The van der Waals surface area contributed by atoms with Gasteiger partial charge in [-0.25, -0.2) is 0 Å². The molecule has 2 aromatic rings. The number of aromatic nitrogens is 2. The monoisotopic (exact) mass is 160 g/mol. The van der Waals surface area contributed by atoms with Gasteiger partial charge in [-0.3, -0.25) is 5.84 Å². The maximum absolute atomic E-state index is 5.30. The summed E-state index contributed by atoms with van der Waals surface area (Å²) in [5, 5.41) is 8.72. The molecule has 2 rings (SSSR count). The van der Waals surface area contributed by atoms with Gasteiger partial charge in [0.1, 0.15) is 0 Å². The summed E-state index contributed by atoms with van der Waals surface area (Å²) in [4.78, 5) is 0. The topological polar surface area (TPSA) is 63.8 Å². The number of nitrogens with one attached hydrogen (secondary N) is 1. The molecule has 0 unspecified atom stereocenters. The van der Waals surface area contributed by atoms with Gasteiger partial charge in [-0.05, 0) is 6.07 Å². The number of anilines is 1. The highest BCUT2D eigenvalue weighted by molar-refractivity contribution is 5.89. The van der Waals surface area contributed by atoms with Crippen LogP contribution in [0.25, 0.3) is 10.9 Å². The number of rotatable bonds is 1. The normalized spacial score (nSPS) is 10.1. The molecule has 0 spiro atoms. The number of hydrazine groups is 1. The van der Waals surface area contributed by atoms with Crippen molar-refractivity contribution < 1.29 is 0 Å². The Morgan fingerprint density at radius 3 is 2.92 bits per heavy atom. The number of fused-ring (bicyclic) bond motifs is 1. The highest BCUT2D eigenvalue weighted by Gasteiger charge is 1.98. The van der Waals surface area contributed by atoms with E-state index in [0.29, 0.717) is 0 Å². The van der Waals surface area contributed by atoms with Gasteiger partial charge in [-0.1, -0.05) is 18.2 Å².